The lowest BCUT2D eigenvalue weighted by atomic mass is 9.91. The first-order valence-electron chi connectivity index (χ1n) is 7.24. The number of nitrogens with zero attached hydrogens (tertiary/aromatic N) is 1. The second-order valence-corrected chi connectivity index (χ2v) is 6.36. The van der Waals surface area contributed by atoms with E-state index in [4.69, 9.17) is 5.11 Å². The molecule has 0 spiro atoms. The minimum Gasteiger partial charge on any atom is -0.395 e. The molecule has 0 saturated heterocycles. The summed E-state index contributed by atoms with van der Waals surface area (Å²) in [5.74, 6) is 1.54. The Hall–Kier alpha value is -1.00. The number of hydrogen-bond acceptors (Lipinski definition) is 3. The lowest BCUT2D eigenvalue weighted by molar-refractivity contribution is -0.132. The summed E-state index contributed by atoms with van der Waals surface area (Å²) in [6.07, 6.45) is 3.39. The highest BCUT2D eigenvalue weighted by molar-refractivity contribution is 7.99. The van der Waals surface area contributed by atoms with Crippen LogP contribution in [0.25, 0.3) is 0 Å². The van der Waals surface area contributed by atoms with Crippen molar-refractivity contribution in [1.29, 1.82) is 0 Å². The Morgan fingerprint density at radius 2 is 2.25 bits per heavy atom. The van der Waals surface area contributed by atoms with Crippen LogP contribution in [0.3, 0.4) is 0 Å². The number of carbonyl (C=O) groups excluding carboxylic acids is 1. The second kappa shape index (κ2) is 7.70. The third-order valence-corrected chi connectivity index (χ3v) is 4.74. The van der Waals surface area contributed by atoms with Crippen molar-refractivity contribution in [2.24, 2.45) is 0 Å². The number of thioether (sulfide) groups is 1. The van der Waals surface area contributed by atoms with E-state index in [1.165, 1.54) is 17.5 Å². The molecule has 4 heteroatoms. The third-order valence-electron chi connectivity index (χ3n) is 3.75. The quantitative estimate of drug-likeness (QED) is 0.840. The van der Waals surface area contributed by atoms with E-state index in [1.54, 1.807) is 11.8 Å². The van der Waals surface area contributed by atoms with Crippen LogP contribution in [0, 0.1) is 6.92 Å². The summed E-state index contributed by atoms with van der Waals surface area (Å²) in [4.78, 5) is 14.1. The Balaban J connectivity index is 1.78. The Morgan fingerprint density at radius 3 is 2.85 bits per heavy atom. The van der Waals surface area contributed by atoms with E-state index in [0.717, 1.165) is 18.6 Å². The van der Waals surface area contributed by atoms with Gasteiger partial charge in [0.25, 0.3) is 0 Å². The average Bonchev–Trinajstić information content (AvgIpc) is 2.36. The molecule has 1 aromatic carbocycles. The topological polar surface area (TPSA) is 40.5 Å². The highest BCUT2D eigenvalue weighted by Gasteiger charge is 2.27. The molecule has 1 aliphatic carbocycles. The van der Waals surface area contributed by atoms with Gasteiger partial charge in [-0.2, -0.15) is 0 Å². The molecule has 0 atom stereocenters. The molecule has 3 nitrogen and oxygen atoms in total. The molecule has 2 rings (SSSR count). The van der Waals surface area contributed by atoms with Crippen molar-refractivity contribution in [1.82, 2.24) is 4.90 Å². The molecule has 1 saturated carbocycles. The molecule has 0 unspecified atom stereocenters. The Morgan fingerprint density at radius 1 is 1.45 bits per heavy atom. The van der Waals surface area contributed by atoms with Crippen molar-refractivity contribution in [3.8, 4) is 0 Å². The zero-order valence-corrected chi connectivity index (χ0v) is 12.9. The number of aliphatic hydroxyl groups excluding tert-OH is 1. The van der Waals surface area contributed by atoms with Gasteiger partial charge in [-0.15, -0.1) is 11.8 Å². The van der Waals surface area contributed by atoms with Crippen LogP contribution in [0.5, 0.6) is 0 Å². The molecule has 1 N–H and O–H groups in total. The molecular formula is C16H23NO2S. The predicted octanol–water partition coefficient (Wildman–Crippen LogP) is 2.60. The van der Waals surface area contributed by atoms with Crippen molar-refractivity contribution in [2.45, 2.75) is 38.0 Å². The first kappa shape index (κ1) is 15.4. The van der Waals surface area contributed by atoms with Gasteiger partial charge < -0.3 is 10.0 Å². The molecule has 1 amide bonds. The number of benzene rings is 1. The third kappa shape index (κ3) is 4.25. The van der Waals surface area contributed by atoms with E-state index in [-0.39, 0.29) is 12.5 Å². The van der Waals surface area contributed by atoms with Gasteiger partial charge in [0.15, 0.2) is 0 Å². The standard InChI is InChI=1S/C16H23NO2S/c1-13-4-2-5-14(10-13)11-20-12-16(19)17(8-9-18)15-6-3-7-15/h2,4-5,10,15,18H,3,6-9,11-12H2,1H3. The average molecular weight is 293 g/mol. The van der Waals surface area contributed by atoms with Crippen molar-refractivity contribution >= 4 is 17.7 Å². The SMILES string of the molecule is Cc1cccc(CSCC(=O)N(CCO)C2CCC2)c1. The van der Waals surface area contributed by atoms with Crippen LogP contribution in [0.1, 0.15) is 30.4 Å². The van der Waals surface area contributed by atoms with Crippen molar-refractivity contribution in [2.75, 3.05) is 18.9 Å². The number of carbonyl (C=O) groups is 1. The molecule has 1 aromatic rings. The number of rotatable bonds is 7. The summed E-state index contributed by atoms with van der Waals surface area (Å²) in [7, 11) is 0. The van der Waals surface area contributed by atoms with E-state index in [2.05, 4.69) is 31.2 Å². The first-order valence-corrected chi connectivity index (χ1v) is 8.40. The number of aliphatic hydroxyl groups is 1. The number of hydrogen-bond donors (Lipinski definition) is 1. The molecule has 1 fully saturated rings. The van der Waals surface area contributed by atoms with Gasteiger partial charge in [-0.25, -0.2) is 0 Å². The van der Waals surface area contributed by atoms with Gasteiger partial charge in [-0.05, 0) is 31.7 Å². The second-order valence-electron chi connectivity index (χ2n) is 5.38. The van der Waals surface area contributed by atoms with E-state index in [1.807, 2.05) is 4.90 Å². The monoisotopic (exact) mass is 293 g/mol. The molecular weight excluding hydrogens is 270 g/mol. The van der Waals surface area contributed by atoms with Crippen LogP contribution in [0.4, 0.5) is 0 Å². The molecule has 1 aliphatic rings. The predicted molar refractivity (Wildman–Crippen MR) is 83.8 cm³/mol. The Labute approximate surface area is 125 Å². The fourth-order valence-corrected chi connectivity index (χ4v) is 3.32. The summed E-state index contributed by atoms with van der Waals surface area (Å²) in [6.45, 7) is 2.62. The summed E-state index contributed by atoms with van der Waals surface area (Å²) in [5, 5.41) is 9.09. The first-order chi connectivity index (χ1) is 9.70. The summed E-state index contributed by atoms with van der Waals surface area (Å²) >= 11 is 1.66. The van der Waals surface area contributed by atoms with Crippen molar-refractivity contribution < 1.29 is 9.90 Å². The summed E-state index contributed by atoms with van der Waals surface area (Å²) < 4.78 is 0. The molecule has 0 radical (unpaired) electrons. The minimum absolute atomic E-state index is 0.0603. The number of aryl methyl sites for hydroxylation is 1. The lowest BCUT2D eigenvalue weighted by Gasteiger charge is -2.37. The normalized spacial score (nSPS) is 14.9. The van der Waals surface area contributed by atoms with E-state index >= 15 is 0 Å². The maximum absolute atomic E-state index is 12.2. The molecule has 20 heavy (non-hydrogen) atoms. The van der Waals surface area contributed by atoms with Crippen LogP contribution in [-0.4, -0.2) is 40.9 Å². The van der Waals surface area contributed by atoms with Crippen LogP contribution in [0.2, 0.25) is 0 Å². The Kier molecular flexibility index (Phi) is 5.92. The van der Waals surface area contributed by atoms with Gasteiger partial charge in [0.2, 0.25) is 5.91 Å². The molecule has 0 bridgehead atoms. The van der Waals surface area contributed by atoms with Gasteiger partial charge in [-0.3, -0.25) is 4.79 Å². The van der Waals surface area contributed by atoms with Crippen LogP contribution < -0.4 is 0 Å². The largest absolute Gasteiger partial charge is 0.395 e. The van der Waals surface area contributed by atoms with Crippen LogP contribution in [0.15, 0.2) is 24.3 Å². The number of amides is 1. The highest BCUT2D eigenvalue weighted by Crippen LogP contribution is 2.25. The van der Waals surface area contributed by atoms with E-state index in [9.17, 15) is 4.79 Å². The van der Waals surface area contributed by atoms with Crippen molar-refractivity contribution in [3.05, 3.63) is 35.4 Å². The van der Waals surface area contributed by atoms with Gasteiger partial charge >= 0.3 is 0 Å². The van der Waals surface area contributed by atoms with Gasteiger partial charge in [-0.1, -0.05) is 29.8 Å². The van der Waals surface area contributed by atoms with E-state index in [0.29, 0.717) is 18.3 Å². The molecule has 0 heterocycles. The van der Waals surface area contributed by atoms with Gasteiger partial charge in [0, 0.05) is 18.3 Å². The Bertz CT molecular complexity index is 446. The van der Waals surface area contributed by atoms with Crippen LogP contribution >= 0.6 is 11.8 Å². The summed E-state index contributed by atoms with van der Waals surface area (Å²) in [5.41, 5.74) is 2.52. The van der Waals surface area contributed by atoms with E-state index < -0.39 is 0 Å². The fourth-order valence-electron chi connectivity index (χ4n) is 2.46. The van der Waals surface area contributed by atoms with Crippen molar-refractivity contribution in [3.63, 3.8) is 0 Å². The maximum atomic E-state index is 12.2. The minimum atomic E-state index is 0.0603. The fraction of sp³-hybridized carbons (Fsp3) is 0.562. The maximum Gasteiger partial charge on any atom is 0.232 e. The molecule has 110 valence electrons. The smallest absolute Gasteiger partial charge is 0.232 e. The molecule has 0 aliphatic heterocycles. The van der Waals surface area contributed by atoms with Gasteiger partial charge in [0.1, 0.15) is 0 Å². The lowest BCUT2D eigenvalue weighted by Crippen LogP contribution is -2.46. The zero-order chi connectivity index (χ0) is 14.4. The van der Waals surface area contributed by atoms with Crippen LogP contribution in [-0.2, 0) is 10.5 Å². The molecule has 0 aromatic heterocycles. The summed E-state index contributed by atoms with van der Waals surface area (Å²) in [6, 6.07) is 8.77. The highest BCUT2D eigenvalue weighted by atomic mass is 32.2. The zero-order valence-electron chi connectivity index (χ0n) is 12.0. The van der Waals surface area contributed by atoms with Gasteiger partial charge in [0.05, 0.1) is 12.4 Å².